The molecule has 49 heavy (non-hydrogen) atoms. The van der Waals surface area contributed by atoms with E-state index in [0.29, 0.717) is 24.0 Å². The molecule has 13 nitrogen and oxygen atoms in total. The molecular weight excluding hydrogens is 645 g/mol. The van der Waals surface area contributed by atoms with E-state index in [1.54, 1.807) is 42.5 Å². The molecule has 0 saturated carbocycles. The van der Waals surface area contributed by atoms with Gasteiger partial charge in [0.2, 0.25) is 17.7 Å². The van der Waals surface area contributed by atoms with Crippen molar-refractivity contribution in [3.63, 3.8) is 0 Å². The van der Waals surface area contributed by atoms with Gasteiger partial charge in [-0.2, -0.15) is 13.2 Å². The monoisotopic (exact) mass is 684 g/mol. The van der Waals surface area contributed by atoms with Crippen molar-refractivity contribution in [2.24, 2.45) is 27.9 Å². The minimum Gasteiger partial charge on any atom is -0.475 e. The van der Waals surface area contributed by atoms with Gasteiger partial charge in [0, 0.05) is 12.1 Å². The fourth-order valence-electron chi connectivity index (χ4n) is 4.61. The highest BCUT2D eigenvalue weighted by Crippen LogP contribution is 2.30. The van der Waals surface area contributed by atoms with Gasteiger partial charge >= 0.3 is 12.1 Å². The zero-order valence-corrected chi connectivity index (χ0v) is 26.5. The summed E-state index contributed by atoms with van der Waals surface area (Å²) in [6, 6.07) is 23.1. The number of benzene rings is 3. The first-order chi connectivity index (χ1) is 23.0. The number of aliphatic imine (C=N–C) groups is 1. The Hall–Kier alpha value is -5.93. The lowest BCUT2D eigenvalue weighted by molar-refractivity contribution is -0.192. The summed E-state index contributed by atoms with van der Waals surface area (Å²) >= 11 is 0. The molecule has 262 valence electrons. The first kappa shape index (κ1) is 39.2. The second-order valence-corrected chi connectivity index (χ2v) is 11.0. The summed E-state index contributed by atoms with van der Waals surface area (Å²) in [7, 11) is 0. The average Bonchev–Trinajstić information content (AvgIpc) is 3.05. The quantitative estimate of drug-likeness (QED) is 0.0706. The van der Waals surface area contributed by atoms with Crippen LogP contribution in [0.15, 0.2) is 89.9 Å². The Bertz CT molecular complexity index is 1620. The minimum atomic E-state index is -5.08. The van der Waals surface area contributed by atoms with Crippen LogP contribution in [0.3, 0.4) is 0 Å². The van der Waals surface area contributed by atoms with Crippen LogP contribution in [0.4, 0.5) is 13.2 Å². The molecule has 3 atom stereocenters. The molecule has 0 fully saturated rings. The van der Waals surface area contributed by atoms with Crippen LogP contribution in [0.2, 0.25) is 0 Å². The highest BCUT2D eigenvalue weighted by atomic mass is 19.4. The van der Waals surface area contributed by atoms with Crippen molar-refractivity contribution < 1.29 is 37.5 Å². The van der Waals surface area contributed by atoms with Gasteiger partial charge in [0.1, 0.15) is 17.9 Å². The Morgan fingerprint density at radius 3 is 1.86 bits per heavy atom. The molecule has 3 aromatic carbocycles. The molecule has 0 aliphatic rings. The van der Waals surface area contributed by atoms with Crippen molar-refractivity contribution in [1.82, 2.24) is 10.6 Å². The predicted octanol–water partition coefficient (Wildman–Crippen LogP) is 1.99. The van der Waals surface area contributed by atoms with Crippen molar-refractivity contribution >= 4 is 35.5 Å². The molecule has 12 N–H and O–H groups in total. The van der Waals surface area contributed by atoms with E-state index >= 15 is 0 Å². The van der Waals surface area contributed by atoms with E-state index in [1.807, 2.05) is 49.4 Å². The molecule has 0 aliphatic carbocycles. The standard InChI is InChI=1S/C31H38N8O3.C2HF3O2/c1-31(23-11-6-3-7-12-23,19-20-14-16-22(17-15-20)26(32)33)29(42)39-25(21-9-4-2-5-10-21)28(41)38-24(27(34)40)13-8-18-37-30(35)36;3-2(4,5)1(6)7/h2-7,9-12,14-17,24-25H,8,13,18-19H2,1H3,(H3,32,33)(H2,34,40)(H,38,41)(H,39,42)(H4,35,36,37);(H,6,7)/t24-,25-,31+;/m0./s1. The number of amidine groups is 1. The number of nitrogens with one attached hydrogen (secondary N) is 3. The zero-order valence-electron chi connectivity index (χ0n) is 26.5. The number of carbonyl (C=O) groups is 4. The number of alkyl halides is 3. The normalized spacial score (nSPS) is 13.2. The topological polar surface area (TPSA) is 253 Å². The number of rotatable bonds is 14. The molecule has 0 unspecified atom stereocenters. The van der Waals surface area contributed by atoms with Crippen LogP contribution >= 0.6 is 0 Å². The fourth-order valence-corrected chi connectivity index (χ4v) is 4.61. The Morgan fingerprint density at radius 2 is 1.39 bits per heavy atom. The molecular formula is C33H39F3N8O5. The summed E-state index contributed by atoms with van der Waals surface area (Å²) in [4.78, 5) is 52.7. The molecule has 0 spiro atoms. The number of aliphatic carboxylic acids is 1. The van der Waals surface area contributed by atoms with Crippen molar-refractivity contribution in [3.8, 4) is 0 Å². The van der Waals surface area contributed by atoms with Crippen LogP contribution in [0.5, 0.6) is 0 Å². The molecule has 0 aromatic heterocycles. The second kappa shape index (κ2) is 17.8. The van der Waals surface area contributed by atoms with Crippen molar-refractivity contribution in [2.45, 2.75) is 49.9 Å². The largest absolute Gasteiger partial charge is 0.490 e. The number of carboxylic acid groups (broad SMARTS) is 1. The first-order valence-corrected chi connectivity index (χ1v) is 14.8. The van der Waals surface area contributed by atoms with E-state index in [4.69, 9.17) is 38.2 Å². The molecule has 16 heteroatoms. The van der Waals surface area contributed by atoms with Crippen LogP contribution in [0.25, 0.3) is 0 Å². The SMILES string of the molecule is C[C@](Cc1ccc(C(=N)N)cc1)(C(=O)N[C@H](C(=O)N[C@@H](CCCN=C(N)N)C(N)=O)c1ccccc1)c1ccccc1.O=C(O)C(F)(F)F. The molecule has 0 bridgehead atoms. The fraction of sp³-hybridized carbons (Fsp3) is 0.273. The summed E-state index contributed by atoms with van der Waals surface area (Å²) in [5, 5.41) is 20.4. The van der Waals surface area contributed by atoms with Gasteiger partial charge in [0.25, 0.3) is 0 Å². The van der Waals surface area contributed by atoms with Gasteiger partial charge in [-0.3, -0.25) is 24.8 Å². The first-order valence-electron chi connectivity index (χ1n) is 14.8. The summed E-state index contributed by atoms with van der Waals surface area (Å²) < 4.78 is 31.7. The highest BCUT2D eigenvalue weighted by Gasteiger charge is 2.39. The third-order valence-electron chi connectivity index (χ3n) is 7.25. The van der Waals surface area contributed by atoms with Crippen LogP contribution in [-0.4, -0.2) is 59.4 Å². The summed E-state index contributed by atoms with van der Waals surface area (Å²) in [5.74, 6) is -4.56. The zero-order chi connectivity index (χ0) is 36.8. The third kappa shape index (κ3) is 12.3. The Morgan fingerprint density at radius 1 is 0.857 bits per heavy atom. The van der Waals surface area contributed by atoms with Crippen LogP contribution in [0.1, 0.15) is 48.1 Å². The minimum absolute atomic E-state index is 0.0488. The number of amides is 3. The maximum Gasteiger partial charge on any atom is 0.490 e. The Labute approximate surface area is 280 Å². The van der Waals surface area contributed by atoms with E-state index in [-0.39, 0.29) is 24.8 Å². The molecule has 0 saturated heterocycles. The summed E-state index contributed by atoms with van der Waals surface area (Å²) in [5.41, 5.74) is 23.5. The van der Waals surface area contributed by atoms with Crippen molar-refractivity contribution in [2.75, 3.05) is 6.54 Å². The number of primary amides is 1. The van der Waals surface area contributed by atoms with Gasteiger partial charge in [-0.25, -0.2) is 4.79 Å². The average molecular weight is 685 g/mol. The lowest BCUT2D eigenvalue weighted by Gasteiger charge is -2.32. The second-order valence-electron chi connectivity index (χ2n) is 11.0. The number of nitrogens with zero attached hydrogens (tertiary/aromatic N) is 1. The molecule has 0 aliphatic heterocycles. The lowest BCUT2D eigenvalue weighted by Crippen LogP contribution is -2.52. The van der Waals surface area contributed by atoms with E-state index in [2.05, 4.69) is 15.6 Å². The molecule has 3 rings (SSSR count). The highest BCUT2D eigenvalue weighted by molar-refractivity contribution is 5.96. The van der Waals surface area contributed by atoms with E-state index in [9.17, 15) is 27.6 Å². The molecule has 0 radical (unpaired) electrons. The number of hydrogen-bond acceptors (Lipinski definition) is 6. The van der Waals surface area contributed by atoms with E-state index < -0.39 is 47.4 Å². The number of carboxylic acids is 1. The smallest absolute Gasteiger partial charge is 0.475 e. The van der Waals surface area contributed by atoms with Gasteiger partial charge in [0.05, 0.1) is 5.41 Å². The molecule has 0 heterocycles. The van der Waals surface area contributed by atoms with Crippen molar-refractivity contribution in [1.29, 1.82) is 5.41 Å². The number of halogens is 3. The maximum atomic E-state index is 14.2. The van der Waals surface area contributed by atoms with E-state index in [0.717, 1.165) is 11.1 Å². The van der Waals surface area contributed by atoms with Gasteiger partial charge in [-0.15, -0.1) is 0 Å². The third-order valence-corrected chi connectivity index (χ3v) is 7.25. The summed E-state index contributed by atoms with van der Waals surface area (Å²) in [6.45, 7) is 2.08. The van der Waals surface area contributed by atoms with Gasteiger partial charge < -0.3 is 38.7 Å². The number of nitrogens with two attached hydrogens (primary N) is 4. The molecule has 3 amide bonds. The lowest BCUT2D eigenvalue weighted by atomic mass is 9.76. The van der Waals surface area contributed by atoms with Crippen molar-refractivity contribution in [3.05, 3.63) is 107 Å². The van der Waals surface area contributed by atoms with Crippen LogP contribution in [-0.2, 0) is 31.0 Å². The maximum absolute atomic E-state index is 14.2. The number of nitrogen functional groups attached to an aromatic ring is 1. The number of hydrogen-bond donors (Lipinski definition) is 8. The van der Waals surface area contributed by atoms with Gasteiger partial charge in [-0.05, 0) is 42.9 Å². The van der Waals surface area contributed by atoms with Crippen LogP contribution < -0.4 is 33.6 Å². The van der Waals surface area contributed by atoms with Gasteiger partial charge in [-0.1, -0.05) is 84.9 Å². The van der Waals surface area contributed by atoms with E-state index in [1.165, 1.54) is 0 Å². The Kier molecular flexibility index (Phi) is 14.3. The molecule has 3 aromatic rings. The Balaban J connectivity index is 0.00000107. The van der Waals surface area contributed by atoms with Gasteiger partial charge in [0.15, 0.2) is 5.96 Å². The number of carbonyl (C=O) groups excluding carboxylic acids is 3. The summed E-state index contributed by atoms with van der Waals surface area (Å²) in [6.07, 6.45) is -4.16. The van der Waals surface area contributed by atoms with Crippen LogP contribution in [0, 0.1) is 5.41 Å². The number of guanidine groups is 1. The predicted molar refractivity (Wildman–Crippen MR) is 177 cm³/mol.